The molecule has 0 aliphatic rings. The Morgan fingerprint density at radius 3 is 1.42 bits per heavy atom. The summed E-state index contributed by atoms with van der Waals surface area (Å²) in [6.07, 6.45) is 12.8. The third kappa shape index (κ3) is 19.8. The van der Waals surface area contributed by atoms with E-state index < -0.39 is 32.7 Å². The number of unbranched alkanes of at least 4 members (excludes halogenated alkanes) is 9. The van der Waals surface area contributed by atoms with Gasteiger partial charge in [-0.25, -0.2) is 0 Å². The molecule has 0 radical (unpaired) electrons. The number of aliphatic hydroxyl groups excluding tert-OH is 3. The van der Waals surface area contributed by atoms with E-state index in [2.05, 4.69) is 11.6 Å². The predicted octanol–water partition coefficient (Wildman–Crippen LogP) is 0.554. The van der Waals surface area contributed by atoms with Gasteiger partial charge < -0.3 is 35.8 Å². The standard InChI is InChI=1S/C12H27BO3.C4H11NO3/c1-2-3-4-5-6-7-8-9-10-11-12-16-13(14)15;5-4(1-6,2-7)3-8/h14-15H,2-12H2,1H3;6-8H,1-3,5H2. The van der Waals surface area contributed by atoms with Gasteiger partial charge in [0.15, 0.2) is 0 Å². The average Bonchev–Trinajstić information content (AvgIpc) is 2.59. The Morgan fingerprint density at radius 1 is 0.750 bits per heavy atom. The van der Waals surface area contributed by atoms with Gasteiger partial charge in [-0.2, -0.15) is 0 Å². The highest BCUT2D eigenvalue weighted by atomic mass is 16.6. The second-order valence-electron chi connectivity index (χ2n) is 6.22. The first-order valence-corrected chi connectivity index (χ1v) is 9.05. The third-order valence-electron chi connectivity index (χ3n) is 3.71. The predicted molar refractivity (Wildman–Crippen MR) is 96.2 cm³/mol. The Kier molecular flexibility index (Phi) is 20.7. The lowest BCUT2D eigenvalue weighted by Crippen LogP contribution is -2.50. The molecule has 0 spiro atoms. The van der Waals surface area contributed by atoms with Gasteiger partial charge >= 0.3 is 7.32 Å². The minimum absolute atomic E-state index is 0.403. The van der Waals surface area contributed by atoms with E-state index in [0.29, 0.717) is 6.61 Å². The molecule has 0 aromatic carbocycles. The maximum atomic E-state index is 8.43. The monoisotopic (exact) mass is 351 g/mol. The van der Waals surface area contributed by atoms with Gasteiger partial charge in [0.2, 0.25) is 0 Å². The van der Waals surface area contributed by atoms with Crippen LogP contribution in [0.1, 0.15) is 71.1 Å². The van der Waals surface area contributed by atoms with E-state index in [1.54, 1.807) is 0 Å². The van der Waals surface area contributed by atoms with Crippen LogP contribution in [0.4, 0.5) is 0 Å². The largest absolute Gasteiger partial charge is 0.633 e. The molecule has 0 rings (SSSR count). The van der Waals surface area contributed by atoms with Crippen LogP contribution in [0.2, 0.25) is 0 Å². The lowest BCUT2D eigenvalue weighted by molar-refractivity contribution is 0.0697. The van der Waals surface area contributed by atoms with Crippen molar-refractivity contribution >= 4 is 7.32 Å². The second kappa shape index (κ2) is 19.1. The van der Waals surface area contributed by atoms with E-state index in [4.69, 9.17) is 31.1 Å². The van der Waals surface area contributed by atoms with Gasteiger partial charge in [-0.3, -0.25) is 0 Å². The lowest BCUT2D eigenvalue weighted by Gasteiger charge is -2.20. The molecule has 8 heteroatoms. The molecule has 0 amide bonds. The quantitative estimate of drug-likeness (QED) is 0.187. The molecule has 0 saturated heterocycles. The Morgan fingerprint density at radius 2 is 1.12 bits per heavy atom. The van der Waals surface area contributed by atoms with Gasteiger partial charge in [-0.15, -0.1) is 0 Å². The van der Waals surface area contributed by atoms with Gasteiger partial charge in [-0.1, -0.05) is 64.7 Å². The van der Waals surface area contributed by atoms with Crippen molar-refractivity contribution in [1.29, 1.82) is 0 Å². The molecule has 0 aromatic heterocycles. The molecular formula is C16H38BNO6. The van der Waals surface area contributed by atoms with Crippen LogP contribution < -0.4 is 5.73 Å². The Labute approximate surface area is 147 Å². The van der Waals surface area contributed by atoms with Crippen molar-refractivity contribution in [1.82, 2.24) is 0 Å². The number of hydrogen-bond acceptors (Lipinski definition) is 7. The topological polar surface area (TPSA) is 136 Å². The molecule has 0 unspecified atom stereocenters. The first-order valence-electron chi connectivity index (χ1n) is 9.05. The van der Waals surface area contributed by atoms with Crippen molar-refractivity contribution in [3.63, 3.8) is 0 Å². The number of rotatable bonds is 15. The summed E-state index contributed by atoms with van der Waals surface area (Å²) in [6, 6.07) is 0. The van der Waals surface area contributed by atoms with E-state index in [9.17, 15) is 0 Å². The van der Waals surface area contributed by atoms with E-state index in [1.807, 2.05) is 0 Å². The Bertz CT molecular complexity index is 234. The van der Waals surface area contributed by atoms with Crippen molar-refractivity contribution in [2.45, 2.75) is 76.7 Å². The zero-order chi connectivity index (χ0) is 18.7. The molecule has 0 fully saturated rings. The maximum absolute atomic E-state index is 8.43. The molecule has 7 nitrogen and oxygen atoms in total. The number of aliphatic hydroxyl groups is 3. The number of nitrogens with two attached hydrogens (primary N) is 1. The minimum atomic E-state index is -1.60. The highest BCUT2D eigenvalue weighted by Gasteiger charge is 2.20. The van der Waals surface area contributed by atoms with Crippen molar-refractivity contribution in [2.24, 2.45) is 5.73 Å². The summed E-state index contributed by atoms with van der Waals surface area (Å²) in [6.45, 7) is 1.49. The van der Waals surface area contributed by atoms with Crippen LogP contribution in [0.5, 0.6) is 0 Å². The zero-order valence-electron chi connectivity index (χ0n) is 15.2. The normalized spacial score (nSPS) is 11.1. The van der Waals surface area contributed by atoms with Crippen LogP contribution in [0, 0.1) is 0 Å². The van der Waals surface area contributed by atoms with E-state index >= 15 is 0 Å². The molecule has 0 atom stereocenters. The summed E-state index contributed by atoms with van der Waals surface area (Å²) < 4.78 is 4.62. The molecule has 0 aliphatic carbocycles. The molecule has 0 aromatic rings. The fraction of sp³-hybridized carbons (Fsp3) is 1.00. The van der Waals surface area contributed by atoms with Crippen LogP contribution >= 0.6 is 0 Å². The van der Waals surface area contributed by atoms with Crippen LogP contribution in [0.3, 0.4) is 0 Å². The van der Waals surface area contributed by atoms with Gasteiger partial charge in [-0.05, 0) is 6.42 Å². The summed E-state index contributed by atoms with van der Waals surface area (Å²) in [7, 11) is -1.60. The van der Waals surface area contributed by atoms with Crippen LogP contribution in [-0.2, 0) is 4.65 Å². The highest BCUT2D eigenvalue weighted by Crippen LogP contribution is 2.10. The van der Waals surface area contributed by atoms with Gasteiger partial charge in [0.05, 0.1) is 25.4 Å². The van der Waals surface area contributed by atoms with Crippen LogP contribution in [0.15, 0.2) is 0 Å². The lowest BCUT2D eigenvalue weighted by atomic mass is 10.1. The molecule has 0 saturated carbocycles. The Hall–Kier alpha value is -0.215. The molecule has 146 valence electrons. The summed E-state index contributed by atoms with van der Waals surface area (Å²) >= 11 is 0. The molecule has 0 bridgehead atoms. The first kappa shape index (κ1) is 26.0. The minimum Gasteiger partial charge on any atom is -0.402 e. The van der Waals surface area contributed by atoms with Crippen molar-refractivity contribution < 1.29 is 30.0 Å². The van der Waals surface area contributed by atoms with E-state index in [0.717, 1.165) is 12.8 Å². The summed E-state index contributed by atoms with van der Waals surface area (Å²) in [5.41, 5.74) is 3.94. The van der Waals surface area contributed by atoms with Gasteiger partial charge in [0, 0.05) is 6.61 Å². The molecule has 7 N–H and O–H groups in total. The highest BCUT2D eigenvalue weighted by molar-refractivity contribution is 6.32. The number of hydrogen-bond donors (Lipinski definition) is 6. The SMILES string of the molecule is CCCCCCCCCCCCOB(O)O.NC(CO)(CO)CO. The molecule has 0 aliphatic heterocycles. The molecule has 24 heavy (non-hydrogen) atoms. The first-order chi connectivity index (χ1) is 11.5. The third-order valence-corrected chi connectivity index (χ3v) is 3.71. The van der Waals surface area contributed by atoms with Crippen LogP contribution in [0.25, 0.3) is 0 Å². The van der Waals surface area contributed by atoms with E-state index in [-0.39, 0.29) is 0 Å². The van der Waals surface area contributed by atoms with Crippen LogP contribution in [-0.4, -0.2) is 64.7 Å². The summed E-state index contributed by atoms with van der Waals surface area (Å²) in [4.78, 5) is 0. The fourth-order valence-corrected chi connectivity index (χ4v) is 1.93. The smallest absolute Gasteiger partial charge is 0.402 e. The Balaban J connectivity index is 0. The second-order valence-corrected chi connectivity index (χ2v) is 6.22. The van der Waals surface area contributed by atoms with Crippen molar-refractivity contribution in [3.8, 4) is 0 Å². The van der Waals surface area contributed by atoms with Gasteiger partial charge in [0.25, 0.3) is 0 Å². The van der Waals surface area contributed by atoms with Crippen molar-refractivity contribution in [3.05, 3.63) is 0 Å². The molecular weight excluding hydrogens is 313 g/mol. The van der Waals surface area contributed by atoms with Crippen molar-refractivity contribution in [2.75, 3.05) is 26.4 Å². The zero-order valence-corrected chi connectivity index (χ0v) is 15.2. The summed E-state index contributed by atoms with van der Waals surface area (Å²) in [5.74, 6) is 0. The average molecular weight is 351 g/mol. The van der Waals surface area contributed by atoms with Gasteiger partial charge in [0.1, 0.15) is 0 Å². The fourth-order valence-electron chi connectivity index (χ4n) is 1.93. The maximum Gasteiger partial charge on any atom is 0.633 e. The summed E-state index contributed by atoms with van der Waals surface area (Å²) in [5, 5.41) is 41.9. The molecule has 0 heterocycles. The van der Waals surface area contributed by atoms with E-state index in [1.165, 1.54) is 51.4 Å².